The van der Waals surface area contributed by atoms with Crippen molar-refractivity contribution in [1.82, 2.24) is 0 Å². The van der Waals surface area contributed by atoms with Crippen LogP contribution in [0.4, 0.5) is 4.39 Å². The maximum absolute atomic E-state index is 13.0. The molecule has 1 nitrogen and oxygen atoms in total. The molecule has 1 heterocycles. The Kier molecular flexibility index (Phi) is 1.96. The third-order valence-electron chi connectivity index (χ3n) is 1.60. The zero-order valence-corrected chi connectivity index (χ0v) is 8.82. The van der Waals surface area contributed by atoms with Crippen LogP contribution in [-0.2, 0) is 0 Å². The average molecular weight is 294 g/mol. The highest BCUT2D eigenvalue weighted by atomic mass is 127. The number of phenolic OH excluding ortho intramolecular Hbond substituents is 1. The summed E-state index contributed by atoms with van der Waals surface area (Å²) in [6.07, 6.45) is 0. The van der Waals surface area contributed by atoms with Gasteiger partial charge in [-0.2, -0.15) is 0 Å². The van der Waals surface area contributed by atoms with Gasteiger partial charge in [-0.05, 0) is 34.7 Å². The maximum Gasteiger partial charge on any atom is 0.141 e. The van der Waals surface area contributed by atoms with Crippen molar-refractivity contribution in [2.24, 2.45) is 0 Å². The van der Waals surface area contributed by atoms with Crippen LogP contribution in [0.2, 0.25) is 0 Å². The summed E-state index contributed by atoms with van der Waals surface area (Å²) in [4.78, 5) is 0. The Labute approximate surface area is 86.0 Å². The number of rotatable bonds is 0. The van der Waals surface area contributed by atoms with Crippen molar-refractivity contribution in [3.8, 4) is 5.75 Å². The lowest BCUT2D eigenvalue weighted by Gasteiger charge is -1.95. The topological polar surface area (TPSA) is 20.2 Å². The van der Waals surface area contributed by atoms with Gasteiger partial charge in [0.15, 0.2) is 0 Å². The van der Waals surface area contributed by atoms with Crippen molar-refractivity contribution in [3.05, 3.63) is 26.9 Å². The van der Waals surface area contributed by atoms with Crippen LogP contribution in [-0.4, -0.2) is 5.11 Å². The summed E-state index contributed by atoms with van der Waals surface area (Å²) in [7, 11) is 0. The Morgan fingerprint density at radius 3 is 2.92 bits per heavy atom. The van der Waals surface area contributed by atoms with E-state index in [0.29, 0.717) is 8.96 Å². The van der Waals surface area contributed by atoms with Crippen LogP contribution in [0.5, 0.6) is 5.75 Å². The average Bonchev–Trinajstić information content (AvgIpc) is 2.35. The van der Waals surface area contributed by atoms with Crippen LogP contribution < -0.4 is 0 Å². The first kappa shape index (κ1) is 8.25. The molecule has 4 heteroatoms. The second-order valence-corrected chi connectivity index (χ2v) is 4.46. The molecule has 0 aliphatic heterocycles. The van der Waals surface area contributed by atoms with Crippen LogP contribution in [0.25, 0.3) is 10.1 Å². The van der Waals surface area contributed by atoms with Gasteiger partial charge >= 0.3 is 0 Å². The van der Waals surface area contributed by atoms with Gasteiger partial charge in [0.25, 0.3) is 0 Å². The molecule has 1 aromatic heterocycles. The minimum atomic E-state index is -0.215. The maximum atomic E-state index is 13.0. The first-order chi connectivity index (χ1) is 5.68. The molecule has 0 atom stereocenters. The number of fused-ring (bicyclic) bond motifs is 1. The summed E-state index contributed by atoms with van der Waals surface area (Å²) in [6.45, 7) is 0. The Balaban J connectivity index is 2.87. The molecule has 0 bridgehead atoms. The fraction of sp³-hybridized carbons (Fsp3) is 0. The first-order valence-corrected chi connectivity index (χ1v) is 5.19. The van der Waals surface area contributed by atoms with E-state index in [1.165, 1.54) is 16.7 Å². The summed E-state index contributed by atoms with van der Waals surface area (Å²) in [5.74, 6) is -0.00198. The van der Waals surface area contributed by atoms with E-state index < -0.39 is 0 Å². The van der Waals surface area contributed by atoms with Crippen LogP contribution in [0.15, 0.2) is 17.5 Å². The van der Waals surface area contributed by atoms with Crippen LogP contribution in [0.1, 0.15) is 0 Å². The van der Waals surface area contributed by atoms with Crippen molar-refractivity contribution < 1.29 is 9.50 Å². The molecule has 12 heavy (non-hydrogen) atoms. The minimum absolute atomic E-state index is 0.213. The second kappa shape index (κ2) is 2.85. The van der Waals surface area contributed by atoms with E-state index in [2.05, 4.69) is 0 Å². The van der Waals surface area contributed by atoms with Crippen molar-refractivity contribution in [3.63, 3.8) is 0 Å². The highest BCUT2D eigenvalue weighted by molar-refractivity contribution is 14.1. The molecule has 0 aliphatic carbocycles. The standard InChI is InChI=1S/C8H4FIOS/c9-5-3-12-8-2-7(11)6(10)1-4(5)8/h1-3,11H. The fourth-order valence-electron chi connectivity index (χ4n) is 1.01. The summed E-state index contributed by atoms with van der Waals surface area (Å²) in [5, 5.41) is 11.3. The Bertz CT molecular complexity index is 438. The van der Waals surface area contributed by atoms with Crippen molar-refractivity contribution in [2.75, 3.05) is 0 Å². The van der Waals surface area contributed by atoms with Gasteiger partial charge in [-0.15, -0.1) is 11.3 Å². The summed E-state index contributed by atoms with van der Waals surface area (Å²) in [6, 6.07) is 3.24. The third kappa shape index (κ3) is 1.19. The van der Waals surface area contributed by atoms with Crippen molar-refractivity contribution in [2.45, 2.75) is 0 Å². The first-order valence-electron chi connectivity index (χ1n) is 3.23. The molecular weight excluding hydrogens is 290 g/mol. The number of thiophene rings is 1. The number of aromatic hydroxyl groups is 1. The predicted molar refractivity (Wildman–Crippen MR) is 56.2 cm³/mol. The molecule has 2 aromatic rings. The summed E-state index contributed by atoms with van der Waals surface area (Å²) < 4.78 is 14.4. The van der Waals surface area contributed by atoms with E-state index in [0.717, 1.165) is 4.70 Å². The fourth-order valence-corrected chi connectivity index (χ4v) is 2.29. The lowest BCUT2D eigenvalue weighted by Crippen LogP contribution is -1.74. The molecule has 0 radical (unpaired) electrons. The molecule has 0 saturated carbocycles. The van der Waals surface area contributed by atoms with Crippen molar-refractivity contribution in [1.29, 1.82) is 0 Å². The lowest BCUT2D eigenvalue weighted by atomic mass is 10.2. The molecule has 0 spiro atoms. The van der Waals surface area contributed by atoms with Crippen molar-refractivity contribution >= 4 is 44.0 Å². The van der Waals surface area contributed by atoms with Gasteiger partial charge in [0.2, 0.25) is 0 Å². The molecule has 2 rings (SSSR count). The molecule has 62 valence electrons. The van der Waals surface area contributed by atoms with Gasteiger partial charge in [0, 0.05) is 15.5 Å². The van der Waals surface area contributed by atoms with Gasteiger partial charge in [0.05, 0.1) is 3.57 Å². The van der Waals surface area contributed by atoms with Crippen LogP contribution >= 0.6 is 33.9 Å². The quantitative estimate of drug-likeness (QED) is 0.739. The van der Waals surface area contributed by atoms with Gasteiger partial charge in [-0.3, -0.25) is 0 Å². The number of halogens is 2. The normalized spacial score (nSPS) is 10.8. The van der Waals surface area contributed by atoms with Gasteiger partial charge in [-0.25, -0.2) is 4.39 Å². The molecule has 0 unspecified atom stereocenters. The lowest BCUT2D eigenvalue weighted by molar-refractivity contribution is 0.472. The molecule has 1 aromatic carbocycles. The molecule has 0 saturated heterocycles. The number of hydrogen-bond acceptors (Lipinski definition) is 2. The highest BCUT2D eigenvalue weighted by Crippen LogP contribution is 2.31. The summed E-state index contributed by atoms with van der Waals surface area (Å²) >= 11 is 3.27. The smallest absolute Gasteiger partial charge is 0.141 e. The predicted octanol–water partition coefficient (Wildman–Crippen LogP) is 3.35. The van der Waals surface area contributed by atoms with E-state index in [-0.39, 0.29) is 11.6 Å². The second-order valence-electron chi connectivity index (χ2n) is 2.38. The Hall–Kier alpha value is -0.360. The Morgan fingerprint density at radius 1 is 1.42 bits per heavy atom. The minimum Gasteiger partial charge on any atom is -0.507 e. The molecule has 1 N–H and O–H groups in total. The van der Waals surface area contributed by atoms with Gasteiger partial charge in [0.1, 0.15) is 11.6 Å². The van der Waals surface area contributed by atoms with Gasteiger partial charge < -0.3 is 5.11 Å². The number of phenols is 1. The van der Waals surface area contributed by atoms with E-state index >= 15 is 0 Å². The number of benzene rings is 1. The van der Waals surface area contributed by atoms with E-state index in [1.807, 2.05) is 22.6 Å². The zero-order chi connectivity index (χ0) is 8.72. The van der Waals surface area contributed by atoms with E-state index in [4.69, 9.17) is 0 Å². The van der Waals surface area contributed by atoms with Crippen LogP contribution in [0.3, 0.4) is 0 Å². The van der Waals surface area contributed by atoms with Crippen LogP contribution in [0, 0.1) is 9.39 Å². The van der Waals surface area contributed by atoms with Gasteiger partial charge in [-0.1, -0.05) is 0 Å². The number of hydrogen-bond donors (Lipinski definition) is 1. The molecular formula is C8H4FIOS. The highest BCUT2D eigenvalue weighted by Gasteiger charge is 2.06. The largest absolute Gasteiger partial charge is 0.507 e. The third-order valence-corrected chi connectivity index (χ3v) is 3.38. The molecule has 0 amide bonds. The summed E-state index contributed by atoms with van der Waals surface area (Å²) in [5.41, 5.74) is 0. The molecule has 0 fully saturated rings. The van der Waals surface area contributed by atoms with E-state index in [9.17, 15) is 9.50 Å². The molecule has 0 aliphatic rings. The monoisotopic (exact) mass is 294 g/mol. The van der Waals surface area contributed by atoms with E-state index in [1.54, 1.807) is 12.1 Å². The Morgan fingerprint density at radius 2 is 2.17 bits per heavy atom. The SMILES string of the molecule is Oc1cc2scc(F)c2cc1I. The zero-order valence-electron chi connectivity index (χ0n) is 5.84.